The molecule has 1 saturated heterocycles. The summed E-state index contributed by atoms with van der Waals surface area (Å²) >= 11 is 0. The lowest BCUT2D eigenvalue weighted by Gasteiger charge is -2.31. The van der Waals surface area contributed by atoms with Crippen LogP contribution in [-0.2, 0) is 11.3 Å². The molecule has 1 aliphatic heterocycles. The van der Waals surface area contributed by atoms with Crippen LogP contribution in [0.5, 0.6) is 5.75 Å². The van der Waals surface area contributed by atoms with Gasteiger partial charge in [0.25, 0.3) is 0 Å². The first-order valence-electron chi connectivity index (χ1n) is 8.21. The molecule has 0 saturated carbocycles. The Bertz CT molecular complexity index is 539. The summed E-state index contributed by atoms with van der Waals surface area (Å²) in [7, 11) is 3.27. The van der Waals surface area contributed by atoms with Gasteiger partial charge in [-0.05, 0) is 30.5 Å². The first-order chi connectivity index (χ1) is 11.6. The molecule has 1 fully saturated rings. The maximum Gasteiger partial charge on any atom is 0.315 e. The van der Waals surface area contributed by atoms with E-state index in [1.807, 2.05) is 24.3 Å². The number of benzene rings is 1. The zero-order chi connectivity index (χ0) is 17.4. The Balaban J connectivity index is 1.66. The molecule has 7 heteroatoms. The fourth-order valence-electron chi connectivity index (χ4n) is 2.68. The van der Waals surface area contributed by atoms with Crippen molar-refractivity contribution in [2.45, 2.75) is 25.4 Å². The van der Waals surface area contributed by atoms with E-state index in [0.29, 0.717) is 13.1 Å². The van der Waals surface area contributed by atoms with E-state index in [4.69, 9.17) is 4.74 Å². The highest BCUT2D eigenvalue weighted by Gasteiger charge is 2.21. The molecule has 1 aromatic rings. The molecular weight excluding hydrogens is 308 g/mol. The van der Waals surface area contributed by atoms with Gasteiger partial charge in [0, 0.05) is 32.7 Å². The van der Waals surface area contributed by atoms with Gasteiger partial charge in [0.2, 0.25) is 5.91 Å². The fourth-order valence-corrected chi connectivity index (χ4v) is 2.68. The summed E-state index contributed by atoms with van der Waals surface area (Å²) < 4.78 is 5.11. The minimum atomic E-state index is -0.157. The van der Waals surface area contributed by atoms with Crippen molar-refractivity contribution in [1.82, 2.24) is 20.9 Å². The SMILES string of the molecule is CNC(=O)CN1CCC(NC(=O)NCc2ccc(OC)cc2)CC1. The van der Waals surface area contributed by atoms with E-state index in [-0.39, 0.29) is 18.0 Å². The number of piperidine rings is 1. The maximum absolute atomic E-state index is 12.0. The number of carbonyl (C=O) groups is 2. The van der Waals surface area contributed by atoms with Crippen LogP contribution in [0.4, 0.5) is 4.79 Å². The van der Waals surface area contributed by atoms with Crippen molar-refractivity contribution in [1.29, 1.82) is 0 Å². The number of likely N-dealkylation sites (N-methyl/N-ethyl adjacent to an activating group) is 1. The average Bonchev–Trinajstić information content (AvgIpc) is 2.62. The lowest BCUT2D eigenvalue weighted by Crippen LogP contribution is -2.49. The average molecular weight is 334 g/mol. The van der Waals surface area contributed by atoms with Crippen LogP contribution in [0.2, 0.25) is 0 Å². The fraction of sp³-hybridized carbons (Fsp3) is 0.529. The van der Waals surface area contributed by atoms with Crippen molar-refractivity contribution in [2.24, 2.45) is 0 Å². The zero-order valence-electron chi connectivity index (χ0n) is 14.3. The number of rotatable bonds is 6. The Hall–Kier alpha value is -2.28. The molecule has 0 atom stereocenters. The molecule has 24 heavy (non-hydrogen) atoms. The van der Waals surface area contributed by atoms with E-state index in [0.717, 1.165) is 37.2 Å². The molecule has 1 aromatic carbocycles. The topological polar surface area (TPSA) is 82.7 Å². The Labute approximate surface area is 142 Å². The lowest BCUT2D eigenvalue weighted by molar-refractivity contribution is -0.122. The highest BCUT2D eigenvalue weighted by Crippen LogP contribution is 2.11. The first kappa shape index (κ1) is 18.1. The standard InChI is InChI=1S/C17H26N4O3/c1-18-16(22)12-21-9-7-14(8-10-21)20-17(23)19-11-13-3-5-15(24-2)6-4-13/h3-6,14H,7-12H2,1-2H3,(H,18,22)(H2,19,20,23). The minimum Gasteiger partial charge on any atom is -0.497 e. The van der Waals surface area contributed by atoms with E-state index in [1.54, 1.807) is 14.2 Å². The molecule has 7 nitrogen and oxygen atoms in total. The number of hydrogen-bond acceptors (Lipinski definition) is 4. The predicted molar refractivity (Wildman–Crippen MR) is 91.9 cm³/mol. The van der Waals surface area contributed by atoms with Gasteiger partial charge in [0.1, 0.15) is 5.75 Å². The molecule has 0 aliphatic carbocycles. The van der Waals surface area contributed by atoms with Crippen molar-refractivity contribution in [2.75, 3.05) is 33.8 Å². The van der Waals surface area contributed by atoms with Gasteiger partial charge in [-0.1, -0.05) is 12.1 Å². The van der Waals surface area contributed by atoms with Crippen LogP contribution >= 0.6 is 0 Å². The van der Waals surface area contributed by atoms with E-state index in [1.165, 1.54) is 0 Å². The second-order valence-electron chi connectivity index (χ2n) is 5.90. The van der Waals surface area contributed by atoms with Crippen molar-refractivity contribution >= 4 is 11.9 Å². The van der Waals surface area contributed by atoms with Gasteiger partial charge >= 0.3 is 6.03 Å². The largest absolute Gasteiger partial charge is 0.497 e. The number of ether oxygens (including phenoxy) is 1. The van der Waals surface area contributed by atoms with Crippen LogP contribution in [0.3, 0.4) is 0 Å². The molecule has 2 rings (SSSR count). The van der Waals surface area contributed by atoms with Gasteiger partial charge in [-0.25, -0.2) is 4.79 Å². The van der Waals surface area contributed by atoms with Crippen LogP contribution in [0.1, 0.15) is 18.4 Å². The monoisotopic (exact) mass is 334 g/mol. The highest BCUT2D eigenvalue weighted by molar-refractivity contribution is 5.77. The van der Waals surface area contributed by atoms with Gasteiger partial charge in [0.15, 0.2) is 0 Å². The van der Waals surface area contributed by atoms with Crippen LogP contribution in [0.25, 0.3) is 0 Å². The van der Waals surface area contributed by atoms with Crippen molar-refractivity contribution in [3.05, 3.63) is 29.8 Å². The number of nitrogens with zero attached hydrogens (tertiary/aromatic N) is 1. The van der Waals surface area contributed by atoms with Gasteiger partial charge in [-0.3, -0.25) is 9.69 Å². The second kappa shape index (κ2) is 9.12. The van der Waals surface area contributed by atoms with Crippen molar-refractivity contribution in [3.8, 4) is 5.75 Å². The van der Waals surface area contributed by atoms with E-state index in [2.05, 4.69) is 20.9 Å². The third-order valence-electron chi connectivity index (χ3n) is 4.18. The predicted octanol–water partition coefficient (Wildman–Crippen LogP) is 0.705. The number of carbonyl (C=O) groups excluding carboxylic acids is 2. The third kappa shape index (κ3) is 5.73. The number of likely N-dealkylation sites (tertiary alicyclic amines) is 1. The van der Waals surface area contributed by atoms with Crippen LogP contribution < -0.4 is 20.7 Å². The minimum absolute atomic E-state index is 0.0265. The summed E-state index contributed by atoms with van der Waals surface area (Å²) in [5, 5.41) is 8.49. The van der Waals surface area contributed by atoms with Crippen molar-refractivity contribution in [3.63, 3.8) is 0 Å². The summed E-state index contributed by atoms with van der Waals surface area (Å²) in [6.45, 7) is 2.53. The summed E-state index contributed by atoms with van der Waals surface area (Å²) in [6, 6.07) is 7.60. The molecule has 1 heterocycles. The van der Waals surface area contributed by atoms with Gasteiger partial charge < -0.3 is 20.7 Å². The molecule has 0 aromatic heterocycles. The summed E-state index contributed by atoms with van der Waals surface area (Å²) in [5.41, 5.74) is 1.02. The molecule has 0 spiro atoms. The highest BCUT2D eigenvalue weighted by atomic mass is 16.5. The van der Waals surface area contributed by atoms with Gasteiger partial charge in [0.05, 0.1) is 13.7 Å². The summed E-state index contributed by atoms with van der Waals surface area (Å²) in [5.74, 6) is 0.824. The normalized spacial score (nSPS) is 15.6. The second-order valence-corrected chi connectivity index (χ2v) is 5.90. The molecule has 1 aliphatic rings. The summed E-state index contributed by atoms with van der Waals surface area (Å²) in [6.07, 6.45) is 1.71. The molecule has 132 valence electrons. The number of nitrogens with one attached hydrogen (secondary N) is 3. The Morgan fingerprint density at radius 1 is 1.21 bits per heavy atom. The Kier molecular flexibility index (Phi) is 6.87. The quantitative estimate of drug-likeness (QED) is 0.715. The maximum atomic E-state index is 12.0. The number of hydrogen-bond donors (Lipinski definition) is 3. The zero-order valence-corrected chi connectivity index (χ0v) is 14.3. The van der Waals surface area contributed by atoms with Gasteiger partial charge in [-0.2, -0.15) is 0 Å². The summed E-state index contributed by atoms with van der Waals surface area (Å²) in [4.78, 5) is 25.5. The smallest absolute Gasteiger partial charge is 0.315 e. The third-order valence-corrected chi connectivity index (χ3v) is 4.18. The van der Waals surface area contributed by atoms with E-state index >= 15 is 0 Å². The molecule has 3 amide bonds. The van der Waals surface area contributed by atoms with Crippen LogP contribution in [0, 0.1) is 0 Å². The number of urea groups is 1. The van der Waals surface area contributed by atoms with E-state index in [9.17, 15) is 9.59 Å². The first-order valence-corrected chi connectivity index (χ1v) is 8.21. The van der Waals surface area contributed by atoms with E-state index < -0.39 is 0 Å². The Morgan fingerprint density at radius 2 is 1.88 bits per heavy atom. The van der Waals surface area contributed by atoms with Gasteiger partial charge in [-0.15, -0.1) is 0 Å². The van der Waals surface area contributed by atoms with Crippen LogP contribution in [-0.4, -0.2) is 56.7 Å². The molecule has 0 radical (unpaired) electrons. The molecule has 0 unspecified atom stereocenters. The molecule has 0 bridgehead atoms. The molecular formula is C17H26N4O3. The van der Waals surface area contributed by atoms with Crippen LogP contribution in [0.15, 0.2) is 24.3 Å². The number of methoxy groups -OCH3 is 1. The lowest BCUT2D eigenvalue weighted by atomic mass is 10.1. The molecule has 3 N–H and O–H groups in total. The van der Waals surface area contributed by atoms with Crippen molar-refractivity contribution < 1.29 is 14.3 Å². The number of amides is 3. The Morgan fingerprint density at radius 3 is 2.46 bits per heavy atom.